The van der Waals surface area contributed by atoms with Crippen molar-refractivity contribution in [3.63, 3.8) is 0 Å². The summed E-state index contributed by atoms with van der Waals surface area (Å²) in [6.45, 7) is 10.8. The summed E-state index contributed by atoms with van der Waals surface area (Å²) in [6.07, 6.45) is 2.10. The molecule has 0 radical (unpaired) electrons. The summed E-state index contributed by atoms with van der Waals surface area (Å²) >= 11 is 0. The number of hydrogen-bond donors (Lipinski definition) is 1. The molecule has 0 bridgehead atoms. The quantitative estimate of drug-likeness (QED) is 0.706. The number of carbonyl (C=O) groups is 1. The Morgan fingerprint density at radius 3 is 2.64 bits per heavy atom. The predicted molar refractivity (Wildman–Crippen MR) is 57.2 cm³/mol. The van der Waals surface area contributed by atoms with Gasteiger partial charge in [-0.1, -0.05) is 6.58 Å². The van der Waals surface area contributed by atoms with Crippen molar-refractivity contribution in [3.8, 4) is 0 Å². The molecule has 1 unspecified atom stereocenters. The van der Waals surface area contributed by atoms with Crippen LogP contribution in [0.3, 0.4) is 0 Å². The van der Waals surface area contributed by atoms with E-state index < -0.39 is 5.60 Å². The molecule has 3 heteroatoms. The molecule has 1 amide bonds. The molecule has 0 spiro atoms. The first-order valence-corrected chi connectivity index (χ1v) is 4.69. The molecule has 3 nitrogen and oxygen atoms in total. The lowest BCUT2D eigenvalue weighted by molar-refractivity contribution is 0.0509. The van der Waals surface area contributed by atoms with Crippen LogP contribution >= 0.6 is 0 Å². The van der Waals surface area contributed by atoms with E-state index in [4.69, 9.17) is 4.74 Å². The van der Waals surface area contributed by atoms with Crippen LogP contribution in [0, 0.1) is 0 Å². The van der Waals surface area contributed by atoms with E-state index in [1.165, 1.54) is 0 Å². The van der Waals surface area contributed by atoms with Gasteiger partial charge in [-0.05, 0) is 40.2 Å². The maximum absolute atomic E-state index is 11.2. The Morgan fingerprint density at radius 2 is 2.21 bits per heavy atom. The Kier molecular flexibility index (Phi) is 5.03. The molecule has 80 valence electrons. The van der Waals surface area contributed by atoms with Gasteiger partial charge in [0.25, 0.3) is 0 Å². The monoisotopic (exact) mass is 197 g/mol. The fourth-order valence-electron chi connectivity index (χ4n) is 0.828. The smallest absolute Gasteiger partial charge is 0.407 e. The highest BCUT2D eigenvalue weighted by molar-refractivity contribution is 5.68. The minimum Gasteiger partial charge on any atom is -0.444 e. The molecule has 0 heterocycles. The van der Waals surface area contributed by atoms with Crippen molar-refractivity contribution in [2.24, 2.45) is 0 Å². The van der Waals surface area contributed by atoms with Gasteiger partial charge in [-0.15, -0.1) is 5.73 Å². The van der Waals surface area contributed by atoms with Gasteiger partial charge in [0.15, 0.2) is 0 Å². The summed E-state index contributed by atoms with van der Waals surface area (Å²) in [5.41, 5.74) is 2.21. The van der Waals surface area contributed by atoms with Crippen LogP contribution in [0.25, 0.3) is 0 Å². The number of alkyl carbamates (subject to hydrolysis) is 1. The molecule has 0 rings (SSSR count). The molecular weight excluding hydrogens is 178 g/mol. The normalized spacial score (nSPS) is 12.6. The van der Waals surface area contributed by atoms with E-state index in [0.717, 1.165) is 0 Å². The third kappa shape index (κ3) is 7.44. The van der Waals surface area contributed by atoms with Gasteiger partial charge < -0.3 is 10.1 Å². The summed E-state index contributed by atoms with van der Waals surface area (Å²) in [5, 5.41) is 2.71. The van der Waals surface area contributed by atoms with Crippen LogP contribution in [0.5, 0.6) is 0 Å². The lowest BCUT2D eigenvalue weighted by Crippen LogP contribution is -2.37. The van der Waals surface area contributed by atoms with Crippen LogP contribution in [-0.2, 0) is 4.74 Å². The minimum absolute atomic E-state index is 0.0408. The van der Waals surface area contributed by atoms with Gasteiger partial charge >= 0.3 is 6.09 Å². The Labute approximate surface area is 85.8 Å². The maximum atomic E-state index is 11.2. The molecule has 1 atom stereocenters. The van der Waals surface area contributed by atoms with Crippen molar-refractivity contribution in [1.29, 1.82) is 0 Å². The van der Waals surface area contributed by atoms with Crippen LogP contribution in [0.2, 0.25) is 0 Å². The summed E-state index contributed by atoms with van der Waals surface area (Å²) in [6, 6.07) is 0.0408. The van der Waals surface area contributed by atoms with E-state index in [1.807, 2.05) is 27.7 Å². The van der Waals surface area contributed by atoms with E-state index in [2.05, 4.69) is 17.6 Å². The average molecular weight is 197 g/mol. The van der Waals surface area contributed by atoms with Gasteiger partial charge in [0.2, 0.25) is 0 Å². The summed E-state index contributed by atoms with van der Waals surface area (Å²) in [5.74, 6) is 0. The van der Waals surface area contributed by atoms with Crippen molar-refractivity contribution in [2.45, 2.75) is 45.8 Å². The van der Waals surface area contributed by atoms with Crippen LogP contribution in [-0.4, -0.2) is 17.7 Å². The van der Waals surface area contributed by atoms with Gasteiger partial charge in [-0.25, -0.2) is 4.79 Å². The summed E-state index contributed by atoms with van der Waals surface area (Å²) < 4.78 is 5.09. The third-order valence-electron chi connectivity index (χ3n) is 1.38. The fraction of sp³-hybridized carbons (Fsp3) is 0.636. The van der Waals surface area contributed by atoms with Crippen molar-refractivity contribution in [3.05, 3.63) is 18.4 Å². The summed E-state index contributed by atoms with van der Waals surface area (Å²) in [4.78, 5) is 11.2. The van der Waals surface area contributed by atoms with Gasteiger partial charge in [0.05, 0.1) is 0 Å². The Bertz CT molecular complexity index is 234. The molecule has 14 heavy (non-hydrogen) atoms. The van der Waals surface area contributed by atoms with Crippen molar-refractivity contribution in [2.75, 3.05) is 0 Å². The molecule has 0 aliphatic rings. The van der Waals surface area contributed by atoms with Crippen LogP contribution in [0.4, 0.5) is 4.79 Å². The average Bonchev–Trinajstić information content (AvgIpc) is 1.96. The second-order valence-corrected chi connectivity index (χ2v) is 4.19. The zero-order valence-electron chi connectivity index (χ0n) is 9.39. The van der Waals surface area contributed by atoms with E-state index in [-0.39, 0.29) is 12.1 Å². The van der Waals surface area contributed by atoms with Gasteiger partial charge in [-0.3, -0.25) is 0 Å². The molecule has 0 aromatic carbocycles. The largest absolute Gasteiger partial charge is 0.444 e. The highest BCUT2D eigenvalue weighted by Gasteiger charge is 2.16. The van der Waals surface area contributed by atoms with E-state index >= 15 is 0 Å². The second kappa shape index (κ2) is 5.51. The Morgan fingerprint density at radius 1 is 1.64 bits per heavy atom. The molecule has 0 aromatic heterocycles. The number of carbonyl (C=O) groups excluding carboxylic acids is 1. The zero-order chi connectivity index (χ0) is 11.2. The number of hydrogen-bond acceptors (Lipinski definition) is 2. The Hall–Kier alpha value is -1.21. The molecule has 0 saturated carbocycles. The predicted octanol–water partition coefficient (Wildman–Crippen LogP) is 2.63. The molecule has 0 saturated heterocycles. The highest BCUT2D eigenvalue weighted by atomic mass is 16.6. The number of ether oxygens (including phenoxy) is 1. The lowest BCUT2D eigenvalue weighted by atomic mass is 10.2. The SMILES string of the molecule is C=C=CCC(C)NC(=O)OC(C)(C)C. The first-order chi connectivity index (χ1) is 6.35. The second-order valence-electron chi connectivity index (χ2n) is 4.19. The molecule has 1 N–H and O–H groups in total. The standard InChI is InChI=1S/C11H19NO2/c1-6-7-8-9(2)12-10(13)14-11(3,4)5/h7,9H,1,8H2,2-5H3,(H,12,13). The number of amides is 1. The fourth-order valence-corrected chi connectivity index (χ4v) is 0.828. The van der Waals surface area contributed by atoms with Gasteiger partial charge in [-0.2, -0.15) is 0 Å². The zero-order valence-corrected chi connectivity index (χ0v) is 9.39. The van der Waals surface area contributed by atoms with E-state index in [0.29, 0.717) is 6.42 Å². The van der Waals surface area contributed by atoms with Gasteiger partial charge in [0.1, 0.15) is 5.60 Å². The molecular formula is C11H19NO2. The van der Waals surface area contributed by atoms with Crippen LogP contribution in [0.1, 0.15) is 34.1 Å². The highest BCUT2D eigenvalue weighted by Crippen LogP contribution is 2.07. The van der Waals surface area contributed by atoms with E-state index in [1.54, 1.807) is 6.08 Å². The lowest BCUT2D eigenvalue weighted by Gasteiger charge is -2.21. The third-order valence-corrected chi connectivity index (χ3v) is 1.38. The Balaban J connectivity index is 3.88. The van der Waals surface area contributed by atoms with Crippen molar-refractivity contribution >= 4 is 6.09 Å². The summed E-state index contributed by atoms with van der Waals surface area (Å²) in [7, 11) is 0. The minimum atomic E-state index is -0.446. The molecule has 0 aliphatic heterocycles. The maximum Gasteiger partial charge on any atom is 0.407 e. The number of rotatable bonds is 3. The first-order valence-electron chi connectivity index (χ1n) is 4.69. The van der Waals surface area contributed by atoms with Crippen molar-refractivity contribution < 1.29 is 9.53 Å². The molecule has 0 aromatic rings. The van der Waals surface area contributed by atoms with E-state index in [9.17, 15) is 4.79 Å². The molecule has 0 fully saturated rings. The van der Waals surface area contributed by atoms with Gasteiger partial charge in [0, 0.05) is 6.04 Å². The molecule has 0 aliphatic carbocycles. The first kappa shape index (κ1) is 12.8. The van der Waals surface area contributed by atoms with Crippen LogP contribution < -0.4 is 5.32 Å². The van der Waals surface area contributed by atoms with Crippen molar-refractivity contribution in [1.82, 2.24) is 5.32 Å². The van der Waals surface area contributed by atoms with Crippen LogP contribution in [0.15, 0.2) is 18.4 Å². The topological polar surface area (TPSA) is 38.3 Å². The number of nitrogens with one attached hydrogen (secondary N) is 1.